The number of para-hydroxylation sites is 2. The van der Waals surface area contributed by atoms with Crippen LogP contribution >= 0.6 is 0 Å². The van der Waals surface area contributed by atoms with E-state index in [1.54, 1.807) is 54.6 Å². The fourth-order valence-electron chi connectivity index (χ4n) is 2.80. The molecule has 5 nitrogen and oxygen atoms in total. The molecule has 0 aromatic heterocycles. The molecule has 154 valence electrons. The van der Waals surface area contributed by atoms with Crippen LogP contribution in [0.2, 0.25) is 0 Å². The summed E-state index contributed by atoms with van der Waals surface area (Å²) in [7, 11) is 0. The van der Waals surface area contributed by atoms with Crippen molar-refractivity contribution in [2.24, 2.45) is 0 Å². The first-order valence-corrected chi connectivity index (χ1v) is 9.22. The van der Waals surface area contributed by atoms with Gasteiger partial charge >= 0.3 is 5.97 Å². The quantitative estimate of drug-likeness (QED) is 0.562. The molecule has 0 fully saturated rings. The average molecular weight is 411 g/mol. The Morgan fingerprint density at radius 3 is 2.23 bits per heavy atom. The molecule has 1 N–H and O–H groups in total. The zero-order chi connectivity index (χ0) is 21.5. The monoisotopic (exact) mass is 411 g/mol. The van der Waals surface area contributed by atoms with Crippen molar-refractivity contribution in [2.45, 2.75) is 13.0 Å². The van der Waals surface area contributed by atoms with Gasteiger partial charge in [-0.1, -0.05) is 42.5 Å². The van der Waals surface area contributed by atoms with Gasteiger partial charge in [-0.25, -0.2) is 13.6 Å². The van der Waals surface area contributed by atoms with E-state index in [2.05, 4.69) is 5.32 Å². The zero-order valence-corrected chi connectivity index (χ0v) is 16.1. The van der Waals surface area contributed by atoms with Crippen LogP contribution in [-0.2, 0) is 9.53 Å². The first-order chi connectivity index (χ1) is 14.5. The normalized spacial score (nSPS) is 11.4. The van der Waals surface area contributed by atoms with E-state index in [1.807, 2.05) is 6.92 Å². The van der Waals surface area contributed by atoms with Gasteiger partial charge in [-0.05, 0) is 31.2 Å². The van der Waals surface area contributed by atoms with Crippen molar-refractivity contribution in [3.05, 3.63) is 95.6 Å². The second-order valence-electron chi connectivity index (χ2n) is 6.27. The molecule has 0 spiro atoms. The van der Waals surface area contributed by atoms with Gasteiger partial charge in [-0.15, -0.1) is 0 Å². The molecule has 0 aliphatic rings. The SMILES string of the molecule is CCOc1ccccc1NC(=O)[C@@H](OC(=O)c1cc(F)cc(F)c1)c1ccccc1. The van der Waals surface area contributed by atoms with E-state index >= 15 is 0 Å². The summed E-state index contributed by atoms with van der Waals surface area (Å²) in [4.78, 5) is 25.5. The lowest BCUT2D eigenvalue weighted by molar-refractivity contribution is -0.125. The van der Waals surface area contributed by atoms with Crippen molar-refractivity contribution in [3.63, 3.8) is 0 Å². The van der Waals surface area contributed by atoms with Gasteiger partial charge < -0.3 is 14.8 Å². The number of benzene rings is 3. The standard InChI is InChI=1S/C23H19F2NO4/c1-2-29-20-11-7-6-10-19(20)26-22(27)21(15-8-4-3-5-9-15)30-23(28)16-12-17(24)14-18(25)13-16/h3-14,21H,2H2,1H3,(H,26,27)/t21-/m0/s1. The Balaban J connectivity index is 1.88. The first-order valence-electron chi connectivity index (χ1n) is 9.22. The van der Waals surface area contributed by atoms with Crippen LogP contribution in [0.5, 0.6) is 5.75 Å². The Hall–Kier alpha value is -3.74. The molecule has 3 aromatic rings. The van der Waals surface area contributed by atoms with Gasteiger partial charge in [-0.2, -0.15) is 0 Å². The summed E-state index contributed by atoms with van der Waals surface area (Å²) in [5.41, 5.74) is 0.461. The van der Waals surface area contributed by atoms with Crippen LogP contribution in [0.4, 0.5) is 14.5 Å². The maximum absolute atomic E-state index is 13.5. The summed E-state index contributed by atoms with van der Waals surface area (Å²) in [6, 6.07) is 17.5. The molecular weight excluding hydrogens is 392 g/mol. The number of nitrogens with one attached hydrogen (secondary N) is 1. The molecule has 0 saturated carbocycles. The average Bonchev–Trinajstić information content (AvgIpc) is 2.73. The molecule has 1 atom stereocenters. The van der Waals surface area contributed by atoms with Crippen LogP contribution in [0, 0.1) is 11.6 Å². The molecule has 0 saturated heterocycles. The maximum Gasteiger partial charge on any atom is 0.339 e. The molecule has 0 aliphatic heterocycles. The lowest BCUT2D eigenvalue weighted by Gasteiger charge is -2.19. The summed E-state index contributed by atoms with van der Waals surface area (Å²) in [6.07, 6.45) is -1.35. The molecule has 0 radical (unpaired) electrons. The van der Waals surface area contributed by atoms with E-state index in [1.165, 1.54) is 0 Å². The van der Waals surface area contributed by atoms with E-state index in [4.69, 9.17) is 9.47 Å². The van der Waals surface area contributed by atoms with Crippen molar-refractivity contribution in [1.82, 2.24) is 0 Å². The van der Waals surface area contributed by atoms with Crippen LogP contribution in [0.3, 0.4) is 0 Å². The summed E-state index contributed by atoms with van der Waals surface area (Å²) in [5, 5.41) is 2.68. The van der Waals surface area contributed by atoms with Crippen molar-refractivity contribution in [1.29, 1.82) is 0 Å². The topological polar surface area (TPSA) is 64.6 Å². The Morgan fingerprint density at radius 1 is 0.933 bits per heavy atom. The number of anilines is 1. The zero-order valence-electron chi connectivity index (χ0n) is 16.1. The van der Waals surface area contributed by atoms with Gasteiger partial charge in [-0.3, -0.25) is 4.79 Å². The van der Waals surface area contributed by atoms with Gasteiger partial charge in [0.15, 0.2) is 0 Å². The molecule has 0 heterocycles. The van der Waals surface area contributed by atoms with E-state index in [-0.39, 0.29) is 5.56 Å². The largest absolute Gasteiger partial charge is 0.492 e. The minimum absolute atomic E-state index is 0.337. The number of amides is 1. The predicted octanol–water partition coefficient (Wildman–Crippen LogP) is 4.90. The highest BCUT2D eigenvalue weighted by Gasteiger charge is 2.27. The number of esters is 1. The number of rotatable bonds is 7. The molecule has 7 heteroatoms. The molecule has 0 bridgehead atoms. The van der Waals surface area contributed by atoms with Crippen LogP contribution in [-0.4, -0.2) is 18.5 Å². The Labute approximate surface area is 172 Å². The van der Waals surface area contributed by atoms with Crippen molar-refractivity contribution in [2.75, 3.05) is 11.9 Å². The first kappa shape index (κ1) is 21.0. The second kappa shape index (κ2) is 9.65. The summed E-state index contributed by atoms with van der Waals surface area (Å²) in [6.45, 7) is 2.21. The molecule has 1 amide bonds. The highest BCUT2D eigenvalue weighted by molar-refractivity contribution is 5.99. The smallest absolute Gasteiger partial charge is 0.339 e. The van der Waals surface area contributed by atoms with Crippen molar-refractivity contribution < 1.29 is 27.8 Å². The van der Waals surface area contributed by atoms with Crippen LogP contribution in [0.15, 0.2) is 72.8 Å². The van der Waals surface area contributed by atoms with Gasteiger partial charge in [0, 0.05) is 11.6 Å². The number of carbonyl (C=O) groups excluding carboxylic acids is 2. The Bertz CT molecular complexity index is 1020. The highest BCUT2D eigenvalue weighted by atomic mass is 19.1. The third-order valence-electron chi connectivity index (χ3n) is 4.11. The minimum atomic E-state index is -1.35. The Morgan fingerprint density at radius 2 is 1.57 bits per heavy atom. The highest BCUT2D eigenvalue weighted by Crippen LogP contribution is 2.27. The fraction of sp³-hybridized carbons (Fsp3) is 0.130. The minimum Gasteiger partial charge on any atom is -0.492 e. The summed E-state index contributed by atoms with van der Waals surface area (Å²) < 4.78 is 37.8. The second-order valence-corrected chi connectivity index (χ2v) is 6.27. The third kappa shape index (κ3) is 5.20. The number of carbonyl (C=O) groups is 2. The number of hydrogen-bond donors (Lipinski definition) is 1. The van der Waals surface area contributed by atoms with Gasteiger partial charge in [0.25, 0.3) is 5.91 Å². The maximum atomic E-state index is 13.5. The van der Waals surface area contributed by atoms with Gasteiger partial charge in [0.1, 0.15) is 17.4 Å². The molecule has 0 unspecified atom stereocenters. The number of hydrogen-bond acceptors (Lipinski definition) is 4. The molecule has 30 heavy (non-hydrogen) atoms. The van der Waals surface area contributed by atoms with Crippen LogP contribution < -0.4 is 10.1 Å². The van der Waals surface area contributed by atoms with E-state index in [9.17, 15) is 18.4 Å². The van der Waals surface area contributed by atoms with Gasteiger partial charge in [0.2, 0.25) is 6.10 Å². The lowest BCUT2D eigenvalue weighted by atomic mass is 10.1. The number of halogens is 2. The summed E-state index contributed by atoms with van der Waals surface area (Å²) in [5.74, 6) is -3.06. The molecular formula is C23H19F2NO4. The molecule has 3 aromatic carbocycles. The molecule has 3 rings (SSSR count). The van der Waals surface area contributed by atoms with Crippen molar-refractivity contribution >= 4 is 17.6 Å². The van der Waals surface area contributed by atoms with E-state index < -0.39 is 29.6 Å². The van der Waals surface area contributed by atoms with Gasteiger partial charge in [0.05, 0.1) is 17.9 Å². The van der Waals surface area contributed by atoms with Crippen LogP contribution in [0.1, 0.15) is 28.9 Å². The van der Waals surface area contributed by atoms with E-state index in [0.717, 1.165) is 12.1 Å². The third-order valence-corrected chi connectivity index (χ3v) is 4.11. The Kier molecular flexibility index (Phi) is 6.75. The van der Waals surface area contributed by atoms with E-state index in [0.29, 0.717) is 29.7 Å². The van der Waals surface area contributed by atoms with Crippen LogP contribution in [0.25, 0.3) is 0 Å². The summed E-state index contributed by atoms with van der Waals surface area (Å²) >= 11 is 0. The fourth-order valence-corrected chi connectivity index (χ4v) is 2.80. The molecule has 0 aliphatic carbocycles. The van der Waals surface area contributed by atoms with Crippen molar-refractivity contribution in [3.8, 4) is 5.75 Å². The lowest BCUT2D eigenvalue weighted by Crippen LogP contribution is -2.26. The number of ether oxygens (including phenoxy) is 2. The predicted molar refractivity (Wildman–Crippen MR) is 107 cm³/mol.